The van der Waals surface area contributed by atoms with Gasteiger partial charge in [-0.3, -0.25) is 0 Å². The van der Waals surface area contributed by atoms with Crippen molar-refractivity contribution in [3.63, 3.8) is 0 Å². The average Bonchev–Trinajstić information content (AvgIpc) is 2.65. The third kappa shape index (κ3) is 3.43. The molecular formula is C19H23FN3O3+. The standard InChI is InChI=1S/C19H22FN3O3/c1-25-17-8-12-6-7-23(16(11-21)15(12)10-18(17)26-2)19(24)22-14-5-3-4-13(20)9-14/h3-5,8-10,16H,6-7,11,21H2,1-2H3,(H,22,24)/p+1/t16-/m1/s1. The van der Waals surface area contributed by atoms with Crippen molar-refractivity contribution in [2.24, 2.45) is 0 Å². The maximum atomic E-state index is 13.4. The van der Waals surface area contributed by atoms with Gasteiger partial charge in [0.2, 0.25) is 0 Å². The van der Waals surface area contributed by atoms with Gasteiger partial charge in [-0.1, -0.05) is 6.07 Å². The molecule has 2 aromatic carbocycles. The van der Waals surface area contributed by atoms with Gasteiger partial charge in [0.15, 0.2) is 11.5 Å². The first-order valence-electron chi connectivity index (χ1n) is 8.44. The molecule has 0 saturated heterocycles. The Labute approximate surface area is 151 Å². The number of anilines is 1. The smallest absolute Gasteiger partial charge is 0.322 e. The summed E-state index contributed by atoms with van der Waals surface area (Å²) in [5.74, 6) is 0.904. The van der Waals surface area contributed by atoms with Crippen LogP contribution in [0.3, 0.4) is 0 Å². The lowest BCUT2D eigenvalue weighted by molar-refractivity contribution is -0.378. The van der Waals surface area contributed by atoms with Crippen LogP contribution in [0.15, 0.2) is 36.4 Å². The van der Waals surface area contributed by atoms with Crippen LogP contribution < -0.4 is 20.5 Å². The number of methoxy groups -OCH3 is 2. The third-order valence-corrected chi connectivity index (χ3v) is 4.61. The van der Waals surface area contributed by atoms with Gasteiger partial charge in [0, 0.05) is 12.2 Å². The van der Waals surface area contributed by atoms with Crippen molar-refractivity contribution in [2.45, 2.75) is 12.5 Å². The number of carbonyl (C=O) groups excluding carboxylic acids is 1. The fraction of sp³-hybridized carbons (Fsp3) is 0.316. The van der Waals surface area contributed by atoms with Crippen molar-refractivity contribution in [2.75, 3.05) is 32.6 Å². The number of quaternary nitrogens is 1. The highest BCUT2D eigenvalue weighted by Crippen LogP contribution is 2.37. The van der Waals surface area contributed by atoms with Crippen LogP contribution in [0.5, 0.6) is 11.5 Å². The average molecular weight is 360 g/mol. The van der Waals surface area contributed by atoms with E-state index in [0.29, 0.717) is 36.7 Å². The predicted octanol–water partition coefficient (Wildman–Crippen LogP) is 2.22. The molecule has 0 aromatic heterocycles. The quantitative estimate of drug-likeness (QED) is 0.878. The maximum Gasteiger partial charge on any atom is 0.322 e. The van der Waals surface area contributed by atoms with E-state index in [4.69, 9.17) is 9.47 Å². The number of hydrogen-bond donors (Lipinski definition) is 2. The molecule has 1 atom stereocenters. The third-order valence-electron chi connectivity index (χ3n) is 4.61. The Morgan fingerprint density at radius 2 is 2.00 bits per heavy atom. The zero-order valence-corrected chi connectivity index (χ0v) is 14.9. The molecule has 2 amide bonds. The molecule has 0 unspecified atom stereocenters. The number of hydrogen-bond acceptors (Lipinski definition) is 3. The lowest BCUT2D eigenvalue weighted by atomic mass is 9.92. The number of benzene rings is 2. The molecule has 0 bridgehead atoms. The number of ether oxygens (including phenoxy) is 2. The van der Waals surface area contributed by atoms with Crippen LogP contribution in [-0.4, -0.2) is 38.2 Å². The van der Waals surface area contributed by atoms with Crippen LogP contribution in [0.1, 0.15) is 17.2 Å². The second-order valence-electron chi connectivity index (χ2n) is 6.09. The summed E-state index contributed by atoms with van der Waals surface area (Å²) >= 11 is 0. The highest BCUT2D eigenvalue weighted by molar-refractivity contribution is 5.89. The minimum absolute atomic E-state index is 0.188. The number of halogens is 1. The van der Waals surface area contributed by atoms with Crippen LogP contribution in [0.25, 0.3) is 0 Å². The van der Waals surface area contributed by atoms with E-state index < -0.39 is 5.82 Å². The van der Waals surface area contributed by atoms with Crippen molar-refractivity contribution >= 4 is 11.7 Å². The molecule has 0 radical (unpaired) electrons. The minimum Gasteiger partial charge on any atom is -0.493 e. The number of fused-ring (bicyclic) bond motifs is 1. The predicted molar refractivity (Wildman–Crippen MR) is 95.9 cm³/mol. The molecule has 0 aliphatic carbocycles. The molecule has 138 valence electrons. The molecule has 6 nitrogen and oxygen atoms in total. The van der Waals surface area contributed by atoms with Crippen LogP contribution in [0, 0.1) is 5.82 Å². The van der Waals surface area contributed by atoms with Crippen molar-refractivity contribution in [1.29, 1.82) is 0 Å². The zero-order chi connectivity index (χ0) is 18.7. The van der Waals surface area contributed by atoms with E-state index in [-0.39, 0.29) is 12.1 Å². The Bertz CT molecular complexity index is 813. The molecule has 0 saturated carbocycles. The Morgan fingerprint density at radius 3 is 2.65 bits per heavy atom. The van der Waals surface area contributed by atoms with Gasteiger partial charge in [0.05, 0.1) is 20.8 Å². The highest BCUT2D eigenvalue weighted by atomic mass is 19.1. The van der Waals surface area contributed by atoms with Gasteiger partial charge in [-0.05, 0) is 47.9 Å². The van der Waals surface area contributed by atoms with E-state index in [1.807, 2.05) is 12.1 Å². The van der Waals surface area contributed by atoms with Crippen LogP contribution in [-0.2, 0) is 6.42 Å². The maximum absolute atomic E-state index is 13.4. The number of amides is 2. The molecule has 7 heteroatoms. The van der Waals surface area contributed by atoms with Crippen molar-refractivity contribution < 1.29 is 24.4 Å². The summed E-state index contributed by atoms with van der Waals surface area (Å²) in [6.45, 7) is 1.06. The summed E-state index contributed by atoms with van der Waals surface area (Å²) in [5, 5.41) is 2.76. The molecule has 1 aliphatic rings. The fourth-order valence-electron chi connectivity index (χ4n) is 3.34. The molecule has 1 aliphatic heterocycles. The molecule has 3 rings (SSSR count). The number of rotatable bonds is 4. The first-order chi connectivity index (χ1) is 12.6. The van der Waals surface area contributed by atoms with E-state index in [1.54, 1.807) is 31.3 Å². The second kappa shape index (κ2) is 7.61. The molecule has 26 heavy (non-hydrogen) atoms. The first-order valence-corrected chi connectivity index (χ1v) is 8.44. The van der Waals surface area contributed by atoms with Gasteiger partial charge < -0.3 is 25.4 Å². The second-order valence-corrected chi connectivity index (χ2v) is 6.09. The monoisotopic (exact) mass is 360 g/mol. The van der Waals surface area contributed by atoms with Gasteiger partial charge in [-0.25, -0.2) is 9.18 Å². The van der Waals surface area contributed by atoms with Crippen LogP contribution >= 0.6 is 0 Å². The summed E-state index contributed by atoms with van der Waals surface area (Å²) in [5.41, 5.74) is 6.55. The number of nitrogens with zero attached hydrogens (tertiary/aromatic N) is 1. The Morgan fingerprint density at radius 1 is 1.27 bits per heavy atom. The lowest BCUT2D eigenvalue weighted by Crippen LogP contribution is -2.58. The van der Waals surface area contributed by atoms with E-state index in [2.05, 4.69) is 11.1 Å². The number of carbonyl (C=O) groups is 1. The summed E-state index contributed by atoms with van der Waals surface area (Å²) < 4.78 is 24.1. The van der Waals surface area contributed by atoms with Gasteiger partial charge in [-0.15, -0.1) is 0 Å². The normalized spacial score (nSPS) is 16.0. The Balaban J connectivity index is 1.87. The van der Waals surface area contributed by atoms with Crippen molar-refractivity contribution in [1.82, 2.24) is 4.90 Å². The number of urea groups is 1. The lowest BCUT2D eigenvalue weighted by Gasteiger charge is -2.36. The van der Waals surface area contributed by atoms with Gasteiger partial charge in [0.25, 0.3) is 0 Å². The van der Waals surface area contributed by atoms with Crippen LogP contribution in [0.2, 0.25) is 0 Å². The van der Waals surface area contributed by atoms with Crippen molar-refractivity contribution in [3.05, 3.63) is 53.3 Å². The highest BCUT2D eigenvalue weighted by Gasteiger charge is 2.32. The first kappa shape index (κ1) is 18.0. The minimum atomic E-state index is -0.391. The fourth-order valence-corrected chi connectivity index (χ4v) is 3.34. The molecule has 2 aromatic rings. The Kier molecular flexibility index (Phi) is 5.27. The van der Waals surface area contributed by atoms with E-state index in [9.17, 15) is 9.18 Å². The van der Waals surface area contributed by atoms with Gasteiger partial charge in [0.1, 0.15) is 11.9 Å². The molecule has 0 spiro atoms. The molecule has 4 N–H and O–H groups in total. The van der Waals surface area contributed by atoms with Gasteiger partial charge >= 0.3 is 6.03 Å². The van der Waals surface area contributed by atoms with Gasteiger partial charge in [-0.2, -0.15) is 0 Å². The number of nitrogens with one attached hydrogen (secondary N) is 1. The summed E-state index contributed by atoms with van der Waals surface area (Å²) in [6.07, 6.45) is 0.697. The van der Waals surface area contributed by atoms with E-state index in [0.717, 1.165) is 11.1 Å². The SMILES string of the molecule is COc1cc2c(cc1OC)[C@@H](C[NH3+])N(C(=O)Nc1cccc(F)c1)CC2. The summed E-state index contributed by atoms with van der Waals surface area (Å²) in [4.78, 5) is 14.5. The summed E-state index contributed by atoms with van der Waals surface area (Å²) in [7, 11) is 3.19. The van der Waals surface area contributed by atoms with E-state index >= 15 is 0 Å². The molecule has 0 fully saturated rings. The van der Waals surface area contributed by atoms with Crippen molar-refractivity contribution in [3.8, 4) is 11.5 Å². The zero-order valence-electron chi connectivity index (χ0n) is 14.9. The van der Waals surface area contributed by atoms with E-state index in [1.165, 1.54) is 12.1 Å². The molecular weight excluding hydrogens is 337 g/mol. The Hall–Kier alpha value is -2.80. The topological polar surface area (TPSA) is 78.4 Å². The van der Waals surface area contributed by atoms with Crippen LogP contribution in [0.4, 0.5) is 14.9 Å². The largest absolute Gasteiger partial charge is 0.493 e. The molecule has 1 heterocycles. The summed E-state index contributed by atoms with van der Waals surface area (Å²) in [6, 6.07) is 9.26.